The van der Waals surface area contributed by atoms with Gasteiger partial charge in [-0.2, -0.15) is 0 Å². The maximum Gasteiger partial charge on any atom is 0.308 e. The van der Waals surface area contributed by atoms with Gasteiger partial charge in [0.05, 0.1) is 5.92 Å². The molecular formula is C19H24N2O4. The molecule has 3 rings (SSSR count). The lowest BCUT2D eigenvalue weighted by atomic mass is 9.92. The van der Waals surface area contributed by atoms with Gasteiger partial charge in [0.25, 0.3) is 11.8 Å². The highest BCUT2D eigenvalue weighted by Gasteiger charge is 2.46. The van der Waals surface area contributed by atoms with Gasteiger partial charge >= 0.3 is 5.97 Å². The lowest BCUT2D eigenvalue weighted by Crippen LogP contribution is -2.31. The van der Waals surface area contributed by atoms with E-state index < -0.39 is 11.9 Å². The number of hydrogen-bond acceptors (Lipinski definition) is 3. The third-order valence-corrected chi connectivity index (χ3v) is 5.01. The zero-order valence-corrected chi connectivity index (χ0v) is 14.6. The number of nitrogens with one attached hydrogen (secondary N) is 1. The quantitative estimate of drug-likeness (QED) is 0.855. The molecule has 1 saturated carbocycles. The topological polar surface area (TPSA) is 86.7 Å². The molecule has 1 saturated heterocycles. The standard InChI is InChI=1S/C19H24N2O4/c1-11(2)20-17(22)13-5-7-14(8-6-13)18(23)21-9-15(12-3-4-12)16(10-21)19(24)25/h5-8,11-12,15-16H,3-4,9-10H2,1-2H3,(H,20,22)(H,24,25)/t15-,16+/m1/s1. The number of carboxylic acid groups (broad SMARTS) is 1. The van der Waals surface area contributed by atoms with Crippen LogP contribution in [0, 0.1) is 17.8 Å². The van der Waals surface area contributed by atoms with Crippen molar-refractivity contribution in [2.24, 2.45) is 17.8 Å². The number of carbonyl (C=O) groups excluding carboxylic acids is 2. The Kier molecular flexibility index (Phi) is 4.79. The molecule has 1 aliphatic heterocycles. The molecule has 0 bridgehead atoms. The minimum Gasteiger partial charge on any atom is -0.481 e. The summed E-state index contributed by atoms with van der Waals surface area (Å²) in [5.41, 5.74) is 0.993. The first-order chi connectivity index (χ1) is 11.9. The fraction of sp³-hybridized carbons (Fsp3) is 0.526. The molecule has 0 unspecified atom stereocenters. The number of rotatable bonds is 5. The van der Waals surface area contributed by atoms with Crippen molar-refractivity contribution in [3.05, 3.63) is 35.4 Å². The summed E-state index contributed by atoms with van der Waals surface area (Å²) in [6.07, 6.45) is 2.13. The van der Waals surface area contributed by atoms with E-state index in [0.29, 0.717) is 23.6 Å². The Morgan fingerprint density at radius 1 is 1.08 bits per heavy atom. The van der Waals surface area contributed by atoms with Gasteiger partial charge in [0.2, 0.25) is 0 Å². The fourth-order valence-corrected chi connectivity index (χ4v) is 3.55. The maximum absolute atomic E-state index is 12.7. The predicted octanol–water partition coefficient (Wildman–Crippen LogP) is 2.01. The smallest absolute Gasteiger partial charge is 0.308 e. The second kappa shape index (κ2) is 6.86. The molecule has 0 aromatic heterocycles. The van der Waals surface area contributed by atoms with Crippen LogP contribution in [0.25, 0.3) is 0 Å². The molecule has 2 fully saturated rings. The Morgan fingerprint density at radius 2 is 1.68 bits per heavy atom. The van der Waals surface area contributed by atoms with Gasteiger partial charge in [-0.1, -0.05) is 0 Å². The zero-order valence-electron chi connectivity index (χ0n) is 14.6. The number of likely N-dealkylation sites (tertiary alicyclic amines) is 1. The minimum atomic E-state index is -0.812. The molecule has 1 aliphatic carbocycles. The summed E-state index contributed by atoms with van der Waals surface area (Å²) in [7, 11) is 0. The van der Waals surface area contributed by atoms with Crippen LogP contribution in [0.1, 0.15) is 47.4 Å². The Hall–Kier alpha value is -2.37. The van der Waals surface area contributed by atoms with Crippen molar-refractivity contribution in [2.45, 2.75) is 32.7 Å². The number of benzene rings is 1. The second-order valence-electron chi connectivity index (χ2n) is 7.36. The highest BCUT2D eigenvalue weighted by atomic mass is 16.4. The molecule has 0 radical (unpaired) electrons. The Labute approximate surface area is 147 Å². The molecule has 1 aromatic rings. The van der Waals surface area contributed by atoms with Gasteiger partial charge in [-0.25, -0.2) is 0 Å². The summed E-state index contributed by atoms with van der Waals surface area (Å²) in [5, 5.41) is 12.2. The van der Waals surface area contributed by atoms with Crippen LogP contribution < -0.4 is 5.32 Å². The molecule has 2 aliphatic rings. The third-order valence-electron chi connectivity index (χ3n) is 5.01. The van der Waals surface area contributed by atoms with Crippen LogP contribution in [0.2, 0.25) is 0 Å². The lowest BCUT2D eigenvalue weighted by molar-refractivity contribution is -0.142. The van der Waals surface area contributed by atoms with Gasteiger partial charge in [-0.05, 0) is 62.8 Å². The van der Waals surface area contributed by atoms with Crippen LogP contribution >= 0.6 is 0 Å². The van der Waals surface area contributed by atoms with Crippen LogP contribution in [0.4, 0.5) is 0 Å². The van der Waals surface area contributed by atoms with Crippen LogP contribution in [0.3, 0.4) is 0 Å². The van der Waals surface area contributed by atoms with E-state index in [9.17, 15) is 19.5 Å². The molecule has 6 nitrogen and oxygen atoms in total. The first kappa shape index (κ1) is 17.5. The average molecular weight is 344 g/mol. The van der Waals surface area contributed by atoms with E-state index in [4.69, 9.17) is 0 Å². The number of carbonyl (C=O) groups is 3. The van der Waals surface area contributed by atoms with Crippen molar-refractivity contribution >= 4 is 17.8 Å². The number of aliphatic carboxylic acids is 1. The van der Waals surface area contributed by atoms with E-state index in [2.05, 4.69) is 5.32 Å². The number of carboxylic acids is 1. The molecule has 0 spiro atoms. The molecule has 134 valence electrons. The summed E-state index contributed by atoms with van der Waals surface area (Å²) >= 11 is 0. The summed E-state index contributed by atoms with van der Waals surface area (Å²) in [6.45, 7) is 4.55. The predicted molar refractivity (Wildman–Crippen MR) is 92.3 cm³/mol. The van der Waals surface area contributed by atoms with E-state index in [1.165, 1.54) is 0 Å². The van der Waals surface area contributed by atoms with Crippen molar-refractivity contribution in [1.29, 1.82) is 0 Å². The van der Waals surface area contributed by atoms with E-state index >= 15 is 0 Å². The normalized spacial score (nSPS) is 22.9. The highest BCUT2D eigenvalue weighted by Crippen LogP contribution is 2.44. The fourth-order valence-electron chi connectivity index (χ4n) is 3.55. The molecule has 2 amide bonds. The van der Waals surface area contributed by atoms with Crippen molar-refractivity contribution < 1.29 is 19.5 Å². The van der Waals surface area contributed by atoms with Gasteiger partial charge in [0.1, 0.15) is 0 Å². The summed E-state index contributed by atoms with van der Waals surface area (Å²) in [6, 6.07) is 6.59. The van der Waals surface area contributed by atoms with Crippen LogP contribution in [-0.4, -0.2) is 46.9 Å². The Balaban J connectivity index is 1.69. The molecule has 2 atom stereocenters. The maximum atomic E-state index is 12.7. The van der Waals surface area contributed by atoms with Crippen LogP contribution in [-0.2, 0) is 4.79 Å². The van der Waals surface area contributed by atoms with Gasteiger partial charge in [0.15, 0.2) is 0 Å². The Morgan fingerprint density at radius 3 is 2.20 bits per heavy atom. The van der Waals surface area contributed by atoms with Crippen LogP contribution in [0.5, 0.6) is 0 Å². The van der Waals surface area contributed by atoms with Gasteiger partial charge < -0.3 is 15.3 Å². The molecular weight excluding hydrogens is 320 g/mol. The van der Waals surface area contributed by atoms with Gasteiger partial charge in [-0.3, -0.25) is 14.4 Å². The van der Waals surface area contributed by atoms with Crippen molar-refractivity contribution in [3.8, 4) is 0 Å². The summed E-state index contributed by atoms with van der Waals surface area (Å²) < 4.78 is 0. The second-order valence-corrected chi connectivity index (χ2v) is 7.36. The van der Waals surface area contributed by atoms with E-state index in [-0.39, 0.29) is 30.3 Å². The van der Waals surface area contributed by atoms with Crippen LogP contribution in [0.15, 0.2) is 24.3 Å². The third kappa shape index (κ3) is 3.83. The number of hydrogen-bond donors (Lipinski definition) is 2. The number of amides is 2. The first-order valence-electron chi connectivity index (χ1n) is 8.80. The Bertz CT molecular complexity index is 679. The van der Waals surface area contributed by atoms with E-state index in [1.54, 1.807) is 29.2 Å². The number of nitrogens with zero attached hydrogens (tertiary/aromatic N) is 1. The largest absolute Gasteiger partial charge is 0.481 e. The summed E-state index contributed by atoms with van der Waals surface area (Å²) in [4.78, 5) is 37.8. The molecule has 25 heavy (non-hydrogen) atoms. The molecule has 2 N–H and O–H groups in total. The van der Waals surface area contributed by atoms with E-state index in [0.717, 1.165) is 12.8 Å². The SMILES string of the molecule is CC(C)NC(=O)c1ccc(C(=O)N2C[C@H](C(=O)O)[C@@H](C3CC3)C2)cc1. The average Bonchev–Trinajstić information content (AvgIpc) is 3.31. The minimum absolute atomic E-state index is 0.0470. The molecule has 6 heteroatoms. The monoisotopic (exact) mass is 344 g/mol. The van der Waals surface area contributed by atoms with Gasteiger partial charge in [0, 0.05) is 30.3 Å². The zero-order chi connectivity index (χ0) is 18.1. The summed E-state index contributed by atoms with van der Waals surface area (Å²) in [5.74, 6) is -1.10. The molecule has 1 heterocycles. The first-order valence-corrected chi connectivity index (χ1v) is 8.80. The van der Waals surface area contributed by atoms with E-state index in [1.807, 2.05) is 13.8 Å². The molecule has 1 aromatic carbocycles. The lowest BCUT2D eigenvalue weighted by Gasteiger charge is -2.16. The van der Waals surface area contributed by atoms with Crippen molar-refractivity contribution in [3.63, 3.8) is 0 Å². The van der Waals surface area contributed by atoms with Gasteiger partial charge in [-0.15, -0.1) is 0 Å². The van der Waals surface area contributed by atoms with Crippen molar-refractivity contribution in [2.75, 3.05) is 13.1 Å². The highest BCUT2D eigenvalue weighted by molar-refractivity contribution is 5.98. The van der Waals surface area contributed by atoms with Crippen molar-refractivity contribution in [1.82, 2.24) is 10.2 Å².